The highest BCUT2D eigenvalue weighted by Gasteiger charge is 2.36. The third kappa shape index (κ3) is 6.21. The van der Waals surface area contributed by atoms with E-state index in [4.69, 9.17) is 9.90 Å². The van der Waals surface area contributed by atoms with Crippen LogP contribution in [0.2, 0.25) is 0 Å². The van der Waals surface area contributed by atoms with Crippen molar-refractivity contribution in [1.29, 1.82) is 0 Å². The summed E-state index contributed by atoms with van der Waals surface area (Å²) in [5.74, 6) is -0.268. The average Bonchev–Trinajstić information content (AvgIpc) is 3.34. The second-order valence-corrected chi connectivity index (χ2v) is 7.98. The number of amides is 2. The van der Waals surface area contributed by atoms with Crippen molar-refractivity contribution in [1.82, 2.24) is 20.5 Å². The molecule has 0 radical (unpaired) electrons. The van der Waals surface area contributed by atoms with Crippen molar-refractivity contribution in [2.24, 2.45) is 5.92 Å². The number of aromatic nitrogens is 3. The lowest BCUT2D eigenvalue weighted by molar-refractivity contribution is -0.126. The number of nitrogens with zero attached hydrogens (tertiary/aromatic N) is 4. The Morgan fingerprint density at radius 3 is 2.77 bits per heavy atom. The Labute approximate surface area is 178 Å². The highest BCUT2D eigenvalue weighted by atomic mass is 32.1. The fourth-order valence-electron chi connectivity index (χ4n) is 2.84. The molecule has 0 aromatic carbocycles. The summed E-state index contributed by atoms with van der Waals surface area (Å²) in [5.41, 5.74) is 2.05. The van der Waals surface area contributed by atoms with Crippen molar-refractivity contribution in [3.63, 3.8) is 0 Å². The van der Waals surface area contributed by atoms with E-state index in [1.54, 1.807) is 17.3 Å². The Balaban J connectivity index is 0.00000101. The molecule has 2 amide bonds. The van der Waals surface area contributed by atoms with Gasteiger partial charge in [0.15, 0.2) is 0 Å². The minimum atomic E-state index is -0.355. The van der Waals surface area contributed by atoms with Crippen LogP contribution in [-0.4, -0.2) is 58.2 Å². The highest BCUT2D eigenvalue weighted by Crippen LogP contribution is 2.30. The van der Waals surface area contributed by atoms with Gasteiger partial charge in [0.1, 0.15) is 5.01 Å². The molecular formula is C19H26N6O4S. The monoisotopic (exact) mass is 434 g/mol. The van der Waals surface area contributed by atoms with Gasteiger partial charge in [-0.3, -0.25) is 24.3 Å². The van der Waals surface area contributed by atoms with Gasteiger partial charge in [-0.25, -0.2) is 0 Å². The van der Waals surface area contributed by atoms with Crippen molar-refractivity contribution in [2.45, 2.75) is 33.1 Å². The molecule has 3 rings (SSSR count). The van der Waals surface area contributed by atoms with Gasteiger partial charge in [0.2, 0.25) is 16.9 Å². The zero-order valence-electron chi connectivity index (χ0n) is 17.2. The molecule has 0 bridgehead atoms. The Bertz CT molecular complexity index is 872. The molecule has 162 valence electrons. The largest absolute Gasteiger partial charge is 0.483 e. The number of pyridine rings is 1. The fraction of sp³-hybridized carbons (Fsp3) is 0.474. The number of carbonyl (C=O) groups excluding carboxylic acids is 2. The summed E-state index contributed by atoms with van der Waals surface area (Å²) in [7, 11) is 0. The molecule has 1 aliphatic heterocycles. The van der Waals surface area contributed by atoms with Crippen LogP contribution in [0.25, 0.3) is 0 Å². The minimum absolute atomic E-state index is 0.0767. The normalized spacial score (nSPS) is 15.5. The number of hydrogen-bond acceptors (Lipinski definition) is 8. The van der Waals surface area contributed by atoms with Crippen molar-refractivity contribution in [2.75, 3.05) is 29.9 Å². The van der Waals surface area contributed by atoms with Gasteiger partial charge in [-0.15, -0.1) is 10.2 Å². The number of carbonyl (C=O) groups is 3. The van der Waals surface area contributed by atoms with E-state index in [0.717, 1.165) is 16.3 Å². The summed E-state index contributed by atoms with van der Waals surface area (Å²) in [6.45, 7) is 7.25. The number of nitrogens with one attached hydrogen (secondary N) is 2. The van der Waals surface area contributed by atoms with Crippen molar-refractivity contribution in [3.8, 4) is 0 Å². The van der Waals surface area contributed by atoms with E-state index >= 15 is 0 Å². The maximum Gasteiger partial charge on any atom is 0.290 e. The van der Waals surface area contributed by atoms with Crippen molar-refractivity contribution in [3.05, 3.63) is 29.0 Å². The van der Waals surface area contributed by atoms with E-state index in [2.05, 4.69) is 25.8 Å². The van der Waals surface area contributed by atoms with Gasteiger partial charge >= 0.3 is 0 Å². The second kappa shape index (κ2) is 11.2. The first kappa shape index (κ1) is 23.2. The Morgan fingerprint density at radius 2 is 2.13 bits per heavy atom. The van der Waals surface area contributed by atoms with Crippen LogP contribution >= 0.6 is 11.3 Å². The predicted molar refractivity (Wildman–Crippen MR) is 114 cm³/mol. The molecule has 1 unspecified atom stereocenters. The predicted octanol–water partition coefficient (Wildman–Crippen LogP) is 1.65. The van der Waals surface area contributed by atoms with Crippen molar-refractivity contribution < 1.29 is 19.5 Å². The minimum Gasteiger partial charge on any atom is -0.483 e. The van der Waals surface area contributed by atoms with Gasteiger partial charge in [0.25, 0.3) is 6.47 Å². The van der Waals surface area contributed by atoms with E-state index in [1.807, 2.05) is 26.8 Å². The third-order valence-electron chi connectivity index (χ3n) is 4.41. The summed E-state index contributed by atoms with van der Waals surface area (Å²) in [4.78, 5) is 38.7. The number of rotatable bonds is 7. The molecule has 0 spiro atoms. The van der Waals surface area contributed by atoms with Crippen LogP contribution < -0.4 is 15.5 Å². The SMILES string of the molecule is Cc1cnccc1NCCNC(=O)C1CC(=O)N(c2nnc(C(C)C)s2)C1.O=CO. The molecule has 1 fully saturated rings. The van der Waals surface area contributed by atoms with Gasteiger partial charge in [-0.1, -0.05) is 25.2 Å². The average molecular weight is 435 g/mol. The molecule has 0 aliphatic carbocycles. The van der Waals surface area contributed by atoms with E-state index in [-0.39, 0.29) is 36.5 Å². The van der Waals surface area contributed by atoms with E-state index in [0.29, 0.717) is 24.8 Å². The van der Waals surface area contributed by atoms with Crippen LogP contribution in [0.15, 0.2) is 18.5 Å². The molecule has 11 heteroatoms. The summed E-state index contributed by atoms with van der Waals surface area (Å²) in [6.07, 6.45) is 3.72. The Kier molecular flexibility index (Phi) is 8.66. The van der Waals surface area contributed by atoms with Crippen LogP contribution in [0, 0.1) is 12.8 Å². The lowest BCUT2D eigenvalue weighted by Crippen LogP contribution is -2.35. The van der Waals surface area contributed by atoms with Crippen LogP contribution in [0.4, 0.5) is 10.8 Å². The molecular weight excluding hydrogens is 408 g/mol. The maximum atomic E-state index is 12.4. The quantitative estimate of drug-likeness (QED) is 0.442. The number of hydrogen-bond donors (Lipinski definition) is 3. The highest BCUT2D eigenvalue weighted by molar-refractivity contribution is 7.15. The van der Waals surface area contributed by atoms with E-state index in [9.17, 15) is 9.59 Å². The molecule has 0 saturated carbocycles. The zero-order valence-corrected chi connectivity index (χ0v) is 18.0. The summed E-state index contributed by atoms with van der Waals surface area (Å²) in [5, 5.41) is 22.8. The number of anilines is 2. The molecule has 2 aromatic rings. The summed E-state index contributed by atoms with van der Waals surface area (Å²) >= 11 is 1.41. The lowest BCUT2D eigenvalue weighted by atomic mass is 10.1. The van der Waals surface area contributed by atoms with Crippen molar-refractivity contribution >= 4 is 40.4 Å². The maximum absolute atomic E-state index is 12.4. The Hall–Kier alpha value is -3.08. The van der Waals surface area contributed by atoms with Gasteiger partial charge in [0, 0.05) is 50.1 Å². The first-order chi connectivity index (χ1) is 14.4. The molecule has 1 atom stereocenters. The smallest absolute Gasteiger partial charge is 0.290 e. The topological polar surface area (TPSA) is 137 Å². The summed E-state index contributed by atoms with van der Waals surface area (Å²) in [6, 6.07) is 1.90. The molecule has 30 heavy (non-hydrogen) atoms. The Morgan fingerprint density at radius 1 is 1.40 bits per heavy atom. The zero-order chi connectivity index (χ0) is 22.1. The van der Waals surface area contributed by atoms with Gasteiger partial charge in [-0.2, -0.15) is 0 Å². The molecule has 1 aliphatic rings. The van der Waals surface area contributed by atoms with Crippen LogP contribution in [0.3, 0.4) is 0 Å². The van der Waals surface area contributed by atoms with E-state index < -0.39 is 0 Å². The third-order valence-corrected chi connectivity index (χ3v) is 5.66. The number of aryl methyl sites for hydroxylation is 1. The van der Waals surface area contributed by atoms with Crippen LogP contribution in [-0.2, 0) is 14.4 Å². The standard InChI is InChI=1S/C18H24N6O2S.CH2O2/c1-11(2)17-22-23-18(27-17)24-10-13(8-15(24)25)16(26)21-7-6-20-14-4-5-19-9-12(14)3;2-1-3/h4-5,9,11,13H,6-8,10H2,1-3H3,(H,19,20)(H,21,26);1H,(H,2,3). The van der Waals surface area contributed by atoms with Gasteiger partial charge in [-0.05, 0) is 18.6 Å². The first-order valence-electron chi connectivity index (χ1n) is 9.51. The lowest BCUT2D eigenvalue weighted by Gasteiger charge is -2.13. The van der Waals surface area contributed by atoms with Crippen LogP contribution in [0.5, 0.6) is 0 Å². The number of carboxylic acid groups (broad SMARTS) is 1. The summed E-state index contributed by atoms with van der Waals surface area (Å²) < 4.78 is 0. The first-order valence-corrected chi connectivity index (χ1v) is 10.3. The second-order valence-electron chi connectivity index (χ2n) is 7.00. The molecule has 2 aromatic heterocycles. The van der Waals surface area contributed by atoms with Gasteiger partial charge < -0.3 is 15.7 Å². The fourth-order valence-corrected chi connectivity index (χ4v) is 3.71. The van der Waals surface area contributed by atoms with Crippen LogP contribution in [0.1, 0.15) is 36.8 Å². The molecule has 3 heterocycles. The van der Waals surface area contributed by atoms with Gasteiger partial charge in [0.05, 0.1) is 5.92 Å². The molecule has 3 N–H and O–H groups in total. The molecule has 10 nitrogen and oxygen atoms in total. The van der Waals surface area contributed by atoms with E-state index in [1.165, 1.54) is 11.3 Å². The molecule has 1 saturated heterocycles.